The standard InChI is InChI=1S/C23H17N3O2/c1-28-22-12-11-16-7-5-6-10-19(16)20(22)15-25-26-21(13-18(14-24)23(26)27)17-8-3-2-4-9-17/h2-13,15,18H,1H3/b25-15+. The fourth-order valence-corrected chi connectivity index (χ4v) is 3.29. The molecule has 1 aliphatic rings. The van der Waals surface area contributed by atoms with Crippen molar-refractivity contribution >= 4 is 28.6 Å². The molecular formula is C23H17N3O2. The van der Waals surface area contributed by atoms with Crippen LogP contribution in [0, 0.1) is 17.2 Å². The number of carbonyl (C=O) groups is 1. The molecule has 136 valence electrons. The normalized spacial score (nSPS) is 16.4. The van der Waals surface area contributed by atoms with E-state index < -0.39 is 5.92 Å². The summed E-state index contributed by atoms with van der Waals surface area (Å²) in [4.78, 5) is 12.7. The largest absolute Gasteiger partial charge is 0.496 e. The Morgan fingerprint density at radius 3 is 2.57 bits per heavy atom. The van der Waals surface area contributed by atoms with Crippen molar-refractivity contribution in [2.75, 3.05) is 7.11 Å². The lowest BCUT2D eigenvalue weighted by molar-refractivity contribution is -0.128. The van der Waals surface area contributed by atoms with Crippen LogP contribution in [0.5, 0.6) is 5.75 Å². The van der Waals surface area contributed by atoms with Crippen LogP contribution >= 0.6 is 0 Å². The van der Waals surface area contributed by atoms with Crippen molar-refractivity contribution in [1.29, 1.82) is 5.26 Å². The van der Waals surface area contributed by atoms with Gasteiger partial charge in [0.1, 0.15) is 11.7 Å². The maximum Gasteiger partial charge on any atom is 0.268 e. The molecule has 1 atom stereocenters. The van der Waals surface area contributed by atoms with Crippen molar-refractivity contribution in [3.05, 3.63) is 83.9 Å². The van der Waals surface area contributed by atoms with Gasteiger partial charge in [0.25, 0.3) is 5.91 Å². The zero-order chi connectivity index (χ0) is 19.5. The van der Waals surface area contributed by atoms with Gasteiger partial charge in [-0.05, 0) is 22.9 Å². The molecular weight excluding hydrogens is 350 g/mol. The van der Waals surface area contributed by atoms with Gasteiger partial charge >= 0.3 is 0 Å². The van der Waals surface area contributed by atoms with Gasteiger partial charge in [0.15, 0.2) is 0 Å². The molecule has 0 spiro atoms. The molecule has 0 fully saturated rings. The van der Waals surface area contributed by atoms with Gasteiger partial charge in [-0.2, -0.15) is 15.4 Å². The predicted octanol–water partition coefficient (Wildman–Crippen LogP) is 4.21. The Morgan fingerprint density at radius 2 is 1.82 bits per heavy atom. The highest BCUT2D eigenvalue weighted by Gasteiger charge is 2.33. The lowest BCUT2D eigenvalue weighted by Gasteiger charge is -2.15. The van der Waals surface area contributed by atoms with Crippen LogP contribution in [0.25, 0.3) is 16.5 Å². The van der Waals surface area contributed by atoms with Crippen LogP contribution in [0.1, 0.15) is 11.1 Å². The SMILES string of the molecule is COc1ccc2ccccc2c1/C=N/N1C(=O)C(C#N)C=C1c1ccccc1. The average Bonchev–Trinajstić information content (AvgIpc) is 3.08. The van der Waals surface area contributed by atoms with Gasteiger partial charge in [-0.3, -0.25) is 4.79 Å². The number of hydrogen-bond acceptors (Lipinski definition) is 4. The maximum absolute atomic E-state index is 12.7. The topological polar surface area (TPSA) is 65.7 Å². The molecule has 1 unspecified atom stereocenters. The molecule has 0 saturated heterocycles. The molecule has 3 aromatic carbocycles. The first-order valence-corrected chi connectivity index (χ1v) is 8.83. The highest BCUT2D eigenvalue weighted by molar-refractivity contribution is 6.04. The van der Waals surface area contributed by atoms with Gasteiger partial charge in [-0.1, -0.05) is 60.7 Å². The number of fused-ring (bicyclic) bond motifs is 1. The van der Waals surface area contributed by atoms with E-state index in [1.54, 1.807) is 19.4 Å². The van der Waals surface area contributed by atoms with Gasteiger partial charge in [-0.15, -0.1) is 0 Å². The molecule has 0 bridgehead atoms. The molecule has 1 heterocycles. The fourth-order valence-electron chi connectivity index (χ4n) is 3.29. The lowest BCUT2D eigenvalue weighted by atomic mass is 10.0. The second-order valence-electron chi connectivity index (χ2n) is 6.32. The Hall–Kier alpha value is -3.91. The third kappa shape index (κ3) is 3.01. The minimum atomic E-state index is -0.846. The van der Waals surface area contributed by atoms with Crippen molar-refractivity contribution in [2.45, 2.75) is 0 Å². The smallest absolute Gasteiger partial charge is 0.268 e. The number of ether oxygens (including phenoxy) is 1. The first-order valence-electron chi connectivity index (χ1n) is 8.83. The number of carbonyl (C=O) groups excluding carboxylic acids is 1. The molecule has 0 saturated carbocycles. The molecule has 3 aromatic rings. The van der Waals surface area contributed by atoms with Crippen LogP contribution in [0.2, 0.25) is 0 Å². The Morgan fingerprint density at radius 1 is 1.07 bits per heavy atom. The second kappa shape index (κ2) is 7.37. The van der Waals surface area contributed by atoms with E-state index >= 15 is 0 Å². The van der Waals surface area contributed by atoms with Crippen molar-refractivity contribution < 1.29 is 9.53 Å². The van der Waals surface area contributed by atoms with E-state index in [1.807, 2.05) is 72.8 Å². The highest BCUT2D eigenvalue weighted by atomic mass is 16.5. The van der Waals surface area contributed by atoms with Crippen molar-refractivity contribution in [2.24, 2.45) is 11.0 Å². The van der Waals surface area contributed by atoms with Crippen LogP contribution in [-0.2, 0) is 4.79 Å². The highest BCUT2D eigenvalue weighted by Crippen LogP contribution is 2.31. The summed E-state index contributed by atoms with van der Waals surface area (Å²) in [7, 11) is 1.60. The third-order valence-electron chi connectivity index (χ3n) is 4.69. The van der Waals surface area contributed by atoms with Crippen molar-refractivity contribution in [3.8, 4) is 11.8 Å². The number of amides is 1. The molecule has 28 heavy (non-hydrogen) atoms. The van der Waals surface area contributed by atoms with Crippen LogP contribution in [0.4, 0.5) is 0 Å². The Labute approximate surface area is 162 Å². The first-order chi connectivity index (χ1) is 13.7. The minimum Gasteiger partial charge on any atom is -0.496 e. The maximum atomic E-state index is 12.7. The van der Waals surface area contributed by atoms with Gasteiger partial charge in [0.2, 0.25) is 0 Å². The zero-order valence-corrected chi connectivity index (χ0v) is 15.2. The summed E-state index contributed by atoms with van der Waals surface area (Å²) in [5.74, 6) is -0.547. The number of benzene rings is 3. The summed E-state index contributed by atoms with van der Waals surface area (Å²) < 4.78 is 5.49. The number of hydrazone groups is 1. The predicted molar refractivity (Wildman–Crippen MR) is 108 cm³/mol. The van der Waals surface area contributed by atoms with Gasteiger partial charge in [0.05, 0.1) is 25.1 Å². The average molecular weight is 367 g/mol. The molecule has 1 aliphatic heterocycles. The van der Waals surface area contributed by atoms with Crippen LogP contribution in [-0.4, -0.2) is 24.2 Å². The van der Waals surface area contributed by atoms with Crippen LogP contribution in [0.15, 0.2) is 77.9 Å². The monoisotopic (exact) mass is 367 g/mol. The number of rotatable bonds is 4. The zero-order valence-electron chi connectivity index (χ0n) is 15.2. The molecule has 4 rings (SSSR count). The van der Waals surface area contributed by atoms with Crippen LogP contribution in [0.3, 0.4) is 0 Å². The van der Waals surface area contributed by atoms with Gasteiger partial charge in [0, 0.05) is 11.1 Å². The van der Waals surface area contributed by atoms with E-state index in [0.29, 0.717) is 11.4 Å². The number of nitrogens with zero attached hydrogens (tertiary/aromatic N) is 3. The summed E-state index contributed by atoms with van der Waals surface area (Å²) >= 11 is 0. The molecule has 5 nitrogen and oxygen atoms in total. The molecule has 5 heteroatoms. The summed E-state index contributed by atoms with van der Waals surface area (Å²) in [6.45, 7) is 0. The number of hydrogen-bond donors (Lipinski definition) is 0. The number of nitriles is 1. The third-order valence-corrected chi connectivity index (χ3v) is 4.69. The van der Waals surface area contributed by atoms with E-state index in [2.05, 4.69) is 5.10 Å². The Balaban J connectivity index is 1.79. The summed E-state index contributed by atoms with van der Waals surface area (Å²) in [5, 5.41) is 17.1. The fraction of sp³-hybridized carbons (Fsp3) is 0.0870. The van der Waals surface area contributed by atoms with Crippen molar-refractivity contribution in [1.82, 2.24) is 5.01 Å². The Kier molecular flexibility index (Phi) is 4.61. The van der Waals surface area contributed by atoms with Crippen molar-refractivity contribution in [3.63, 3.8) is 0 Å². The second-order valence-corrected chi connectivity index (χ2v) is 6.32. The van der Waals surface area contributed by atoms with E-state index in [9.17, 15) is 10.1 Å². The summed E-state index contributed by atoms with van der Waals surface area (Å²) in [6.07, 6.45) is 3.27. The molecule has 0 aromatic heterocycles. The van der Waals surface area contributed by atoms with Crippen LogP contribution < -0.4 is 4.74 Å². The van der Waals surface area contributed by atoms with E-state index in [4.69, 9.17) is 4.74 Å². The summed E-state index contributed by atoms with van der Waals surface area (Å²) in [6, 6.07) is 23.2. The number of methoxy groups -OCH3 is 1. The van der Waals surface area contributed by atoms with Gasteiger partial charge < -0.3 is 4.74 Å². The van der Waals surface area contributed by atoms with Gasteiger partial charge in [-0.25, -0.2) is 0 Å². The Bertz CT molecular complexity index is 1140. The molecule has 0 N–H and O–H groups in total. The van der Waals surface area contributed by atoms with E-state index in [-0.39, 0.29) is 5.91 Å². The lowest BCUT2D eigenvalue weighted by Crippen LogP contribution is -2.23. The summed E-state index contributed by atoms with van der Waals surface area (Å²) in [5.41, 5.74) is 2.21. The first kappa shape index (κ1) is 17.5. The quantitative estimate of drug-likeness (QED) is 0.649. The van der Waals surface area contributed by atoms with E-state index in [0.717, 1.165) is 21.9 Å². The molecule has 0 radical (unpaired) electrons. The molecule has 0 aliphatic carbocycles. The minimum absolute atomic E-state index is 0.364. The van der Waals surface area contributed by atoms with E-state index in [1.165, 1.54) is 5.01 Å². The molecule has 1 amide bonds.